The molecule has 0 aliphatic heterocycles. The second-order valence-electron chi connectivity index (χ2n) is 1.65. The van der Waals surface area contributed by atoms with Gasteiger partial charge in [-0.15, -0.1) is 0 Å². The summed E-state index contributed by atoms with van der Waals surface area (Å²) >= 11 is 0. The van der Waals surface area contributed by atoms with Gasteiger partial charge >= 0.3 is 29.6 Å². The Morgan fingerprint density at radius 1 is 1.73 bits per heavy atom. The molecule has 60 valence electrons. The van der Waals surface area contributed by atoms with Gasteiger partial charge < -0.3 is 19.7 Å². The van der Waals surface area contributed by atoms with Crippen LogP contribution in [-0.2, 0) is 13.9 Å². The third-order valence-electron chi connectivity index (χ3n) is 0.675. The van der Waals surface area contributed by atoms with Crippen molar-refractivity contribution in [1.29, 1.82) is 0 Å². The van der Waals surface area contributed by atoms with Gasteiger partial charge in [-0.05, 0) is 6.92 Å². The van der Waals surface area contributed by atoms with E-state index in [9.17, 15) is 14.3 Å². The molecule has 1 unspecified atom stereocenters. The smallest absolute Gasteiger partial charge is 0.778 e. The van der Waals surface area contributed by atoms with Crippen molar-refractivity contribution in [2.75, 3.05) is 12.8 Å². The summed E-state index contributed by atoms with van der Waals surface area (Å²) in [6.07, 6.45) is -0.721. The number of carbonyl (C=O) groups excluding carboxylic acids is 1. The molecule has 0 aromatic carbocycles. The van der Waals surface area contributed by atoms with Gasteiger partial charge in [0.1, 0.15) is 7.60 Å². The molecule has 1 amide bonds. The summed E-state index contributed by atoms with van der Waals surface area (Å²) in [7, 11) is -3.97. The van der Waals surface area contributed by atoms with Gasteiger partial charge in [0.15, 0.2) is 0 Å². The second-order valence-corrected chi connectivity index (χ2v) is 3.45. The van der Waals surface area contributed by atoms with Crippen LogP contribution < -0.4 is 40.2 Å². The van der Waals surface area contributed by atoms with Gasteiger partial charge in [0.05, 0.1) is 12.8 Å². The maximum atomic E-state index is 10.5. The van der Waals surface area contributed by atoms with Crippen LogP contribution in [0.2, 0.25) is 0 Å². The SMILES string of the molecule is CCOP(=O)([O-])CC(N)=O.[Na+]. The first-order valence-electron chi connectivity index (χ1n) is 2.71. The third-order valence-corrected chi connectivity index (χ3v) is 2.03. The van der Waals surface area contributed by atoms with Gasteiger partial charge in [-0.25, -0.2) is 0 Å². The predicted molar refractivity (Wildman–Crippen MR) is 33.3 cm³/mol. The molecule has 0 aromatic heterocycles. The van der Waals surface area contributed by atoms with Crippen molar-refractivity contribution in [2.24, 2.45) is 5.73 Å². The molecule has 5 nitrogen and oxygen atoms in total. The molecule has 0 aliphatic rings. The largest absolute Gasteiger partial charge is 1.00 e. The zero-order chi connectivity index (χ0) is 8.20. The number of hydrogen-bond donors (Lipinski definition) is 1. The van der Waals surface area contributed by atoms with Gasteiger partial charge in [0.25, 0.3) is 0 Å². The van der Waals surface area contributed by atoms with E-state index in [0.717, 1.165) is 0 Å². The number of carbonyl (C=O) groups is 1. The maximum absolute atomic E-state index is 10.5. The van der Waals surface area contributed by atoms with Crippen molar-refractivity contribution < 1.29 is 48.3 Å². The van der Waals surface area contributed by atoms with Gasteiger partial charge in [-0.1, -0.05) is 0 Å². The van der Waals surface area contributed by atoms with Crippen LogP contribution in [0.25, 0.3) is 0 Å². The van der Waals surface area contributed by atoms with Gasteiger partial charge in [0.2, 0.25) is 5.91 Å². The van der Waals surface area contributed by atoms with Crippen molar-refractivity contribution >= 4 is 13.5 Å². The van der Waals surface area contributed by atoms with E-state index in [4.69, 9.17) is 0 Å². The molecule has 7 heteroatoms. The van der Waals surface area contributed by atoms with Crippen LogP contribution in [0.5, 0.6) is 0 Å². The fourth-order valence-corrected chi connectivity index (χ4v) is 1.30. The molecule has 0 rings (SSSR count). The average molecular weight is 189 g/mol. The molecular weight excluding hydrogens is 180 g/mol. The first kappa shape index (κ1) is 14.2. The van der Waals surface area contributed by atoms with Crippen LogP contribution >= 0.6 is 7.60 Å². The molecule has 1 atom stereocenters. The average Bonchev–Trinajstić information content (AvgIpc) is 1.59. The summed E-state index contributed by atoms with van der Waals surface area (Å²) < 4.78 is 14.8. The van der Waals surface area contributed by atoms with Crippen molar-refractivity contribution in [2.45, 2.75) is 6.92 Å². The normalized spacial score (nSPS) is 14.7. The molecule has 0 aromatic rings. The number of amides is 1. The van der Waals surface area contributed by atoms with Crippen molar-refractivity contribution in [3.8, 4) is 0 Å². The molecule has 0 aliphatic carbocycles. The molecule has 0 heterocycles. The Bertz CT molecular complexity index is 173. The second kappa shape index (κ2) is 6.17. The number of rotatable bonds is 4. The van der Waals surface area contributed by atoms with Gasteiger partial charge in [0, 0.05) is 0 Å². The van der Waals surface area contributed by atoms with Crippen molar-refractivity contribution in [3.05, 3.63) is 0 Å². The van der Waals surface area contributed by atoms with Crippen molar-refractivity contribution in [3.63, 3.8) is 0 Å². The Hall–Kier alpha value is 0.620. The van der Waals surface area contributed by atoms with Crippen molar-refractivity contribution in [1.82, 2.24) is 0 Å². The summed E-state index contributed by atoms with van der Waals surface area (Å²) in [5.41, 5.74) is 4.62. The van der Waals surface area contributed by atoms with E-state index < -0.39 is 19.7 Å². The fourth-order valence-electron chi connectivity index (χ4n) is 0.433. The Labute approximate surface area is 87.1 Å². The Kier molecular flexibility index (Phi) is 7.94. The zero-order valence-corrected chi connectivity index (χ0v) is 9.47. The Morgan fingerprint density at radius 3 is 2.45 bits per heavy atom. The topological polar surface area (TPSA) is 92.4 Å². The predicted octanol–water partition coefficient (Wildman–Crippen LogP) is -3.93. The quantitative estimate of drug-likeness (QED) is 0.361. The van der Waals surface area contributed by atoms with E-state index in [1.807, 2.05) is 0 Å². The van der Waals surface area contributed by atoms with E-state index in [1.165, 1.54) is 6.92 Å². The minimum absolute atomic E-state index is 0. The van der Waals surface area contributed by atoms with E-state index in [1.54, 1.807) is 0 Å². The zero-order valence-electron chi connectivity index (χ0n) is 6.57. The van der Waals surface area contributed by atoms with E-state index in [0.29, 0.717) is 0 Å². The molecular formula is C4H9NNaO4P. The minimum atomic E-state index is -3.97. The number of nitrogens with two attached hydrogens (primary N) is 1. The van der Waals surface area contributed by atoms with Crippen LogP contribution in [-0.4, -0.2) is 18.7 Å². The first-order chi connectivity index (χ1) is 4.48. The van der Waals surface area contributed by atoms with E-state index >= 15 is 0 Å². The molecule has 2 N–H and O–H groups in total. The van der Waals surface area contributed by atoms with Crippen LogP contribution in [0, 0.1) is 0 Å². The summed E-state index contributed by atoms with van der Waals surface area (Å²) in [5, 5.41) is 0. The van der Waals surface area contributed by atoms with Crippen LogP contribution in [0.3, 0.4) is 0 Å². The molecule has 0 saturated heterocycles. The maximum Gasteiger partial charge on any atom is 1.00 e. The van der Waals surface area contributed by atoms with Crippen LogP contribution in [0.4, 0.5) is 0 Å². The monoisotopic (exact) mass is 189 g/mol. The Balaban J connectivity index is 0. The first-order valence-corrected chi connectivity index (χ1v) is 4.43. The summed E-state index contributed by atoms with van der Waals surface area (Å²) in [6.45, 7) is 1.56. The molecule has 11 heavy (non-hydrogen) atoms. The summed E-state index contributed by atoms with van der Waals surface area (Å²) in [5.74, 6) is -0.896. The standard InChI is InChI=1S/C4H10NO4P.Na/c1-2-9-10(7,8)3-4(5)6;/h2-3H2,1H3,(H2,5,6)(H,7,8);/q;+1/p-1. The molecule has 0 saturated carbocycles. The number of primary amides is 1. The molecule has 0 fully saturated rings. The van der Waals surface area contributed by atoms with Gasteiger partial charge in [-0.3, -0.25) is 4.79 Å². The fraction of sp³-hybridized carbons (Fsp3) is 0.750. The van der Waals surface area contributed by atoms with E-state index in [2.05, 4.69) is 10.3 Å². The minimum Gasteiger partial charge on any atom is -0.778 e. The molecule has 0 spiro atoms. The summed E-state index contributed by atoms with van der Waals surface area (Å²) in [6, 6.07) is 0. The molecule has 0 radical (unpaired) electrons. The third kappa shape index (κ3) is 8.53. The Morgan fingerprint density at radius 2 is 2.18 bits per heavy atom. The van der Waals surface area contributed by atoms with Gasteiger partial charge in [-0.2, -0.15) is 0 Å². The summed E-state index contributed by atoms with van der Waals surface area (Å²) in [4.78, 5) is 20.6. The van der Waals surface area contributed by atoms with Crippen LogP contribution in [0.1, 0.15) is 6.92 Å². The molecule has 0 bridgehead atoms. The van der Waals surface area contributed by atoms with E-state index in [-0.39, 0.29) is 36.2 Å². The van der Waals surface area contributed by atoms with Crippen LogP contribution in [0.15, 0.2) is 0 Å². The number of hydrogen-bond acceptors (Lipinski definition) is 4.